The number of nitrogens with zero attached hydrogens (tertiary/aromatic N) is 1. The van der Waals surface area contributed by atoms with Crippen molar-refractivity contribution in [3.8, 4) is 0 Å². The van der Waals surface area contributed by atoms with Crippen molar-refractivity contribution in [2.45, 2.75) is 19.6 Å². The van der Waals surface area contributed by atoms with Gasteiger partial charge < -0.3 is 5.73 Å². The Bertz CT molecular complexity index is 248. The second kappa shape index (κ2) is 5.62. The van der Waals surface area contributed by atoms with Crippen LogP contribution in [0.5, 0.6) is 0 Å². The van der Waals surface area contributed by atoms with Gasteiger partial charge in [-0.3, -0.25) is 0 Å². The molecule has 0 aliphatic carbocycles. The predicted octanol–water partition coefficient (Wildman–Crippen LogP) is 2.28. The van der Waals surface area contributed by atoms with E-state index in [1.807, 2.05) is 24.9 Å². The van der Waals surface area contributed by atoms with Crippen molar-refractivity contribution in [2.24, 2.45) is 11.7 Å². The molecular formula is C9H16N2S2. The maximum Gasteiger partial charge on any atom is 0.0897 e. The maximum atomic E-state index is 5.53. The van der Waals surface area contributed by atoms with E-state index >= 15 is 0 Å². The Kier molecular flexibility index (Phi) is 4.77. The summed E-state index contributed by atoms with van der Waals surface area (Å²) < 4.78 is 0. The van der Waals surface area contributed by atoms with E-state index < -0.39 is 0 Å². The second-order valence-electron chi connectivity index (χ2n) is 3.20. The summed E-state index contributed by atoms with van der Waals surface area (Å²) in [6.45, 7) is 5.01. The van der Waals surface area contributed by atoms with Crippen LogP contribution < -0.4 is 5.73 Å². The van der Waals surface area contributed by atoms with Gasteiger partial charge in [0.2, 0.25) is 0 Å². The molecule has 1 unspecified atom stereocenters. The molecule has 0 amide bonds. The molecule has 0 spiro atoms. The number of aromatic nitrogens is 1. The van der Waals surface area contributed by atoms with Gasteiger partial charge in [-0.15, -0.1) is 11.3 Å². The lowest BCUT2D eigenvalue weighted by Gasteiger charge is -2.05. The maximum absolute atomic E-state index is 5.53. The third kappa shape index (κ3) is 4.11. The summed E-state index contributed by atoms with van der Waals surface area (Å²) >= 11 is 3.73. The second-order valence-corrected chi connectivity index (χ2v) is 5.55. The highest BCUT2D eigenvalue weighted by Crippen LogP contribution is 2.19. The van der Waals surface area contributed by atoms with Gasteiger partial charge in [-0.1, -0.05) is 6.92 Å². The highest BCUT2D eigenvalue weighted by molar-refractivity contribution is 7.98. The highest BCUT2D eigenvalue weighted by Gasteiger charge is 2.01. The largest absolute Gasteiger partial charge is 0.330 e. The fraction of sp³-hybridized carbons (Fsp3) is 0.667. The molecule has 0 aliphatic rings. The summed E-state index contributed by atoms with van der Waals surface area (Å²) in [5.41, 5.74) is 5.53. The van der Waals surface area contributed by atoms with Crippen LogP contribution in [0.15, 0.2) is 6.20 Å². The predicted molar refractivity (Wildman–Crippen MR) is 61.2 cm³/mol. The molecule has 74 valence electrons. The van der Waals surface area contributed by atoms with Crippen LogP contribution in [-0.4, -0.2) is 17.3 Å². The topological polar surface area (TPSA) is 38.9 Å². The molecule has 0 bridgehead atoms. The minimum Gasteiger partial charge on any atom is -0.330 e. The van der Waals surface area contributed by atoms with E-state index in [4.69, 9.17) is 5.73 Å². The first kappa shape index (κ1) is 11.0. The Morgan fingerprint density at radius 1 is 1.69 bits per heavy atom. The Hall–Kier alpha value is -0.0600. The number of thioether (sulfide) groups is 1. The average molecular weight is 216 g/mol. The summed E-state index contributed by atoms with van der Waals surface area (Å²) in [7, 11) is 0. The van der Waals surface area contributed by atoms with Crippen LogP contribution in [0.2, 0.25) is 0 Å². The minimum atomic E-state index is 0.624. The Morgan fingerprint density at radius 2 is 2.46 bits per heavy atom. The Labute approximate surface area is 87.9 Å². The molecule has 4 heteroatoms. The fourth-order valence-corrected chi connectivity index (χ4v) is 2.91. The van der Waals surface area contributed by atoms with E-state index in [2.05, 4.69) is 11.9 Å². The van der Waals surface area contributed by atoms with Gasteiger partial charge in [0, 0.05) is 16.8 Å². The van der Waals surface area contributed by atoms with E-state index in [0.717, 1.165) is 23.1 Å². The minimum absolute atomic E-state index is 0.624. The normalized spacial score (nSPS) is 13.2. The third-order valence-electron chi connectivity index (χ3n) is 1.72. The van der Waals surface area contributed by atoms with Crippen molar-refractivity contribution in [3.63, 3.8) is 0 Å². The fourth-order valence-electron chi connectivity index (χ4n) is 0.901. The number of hydrogen-bond donors (Lipinski definition) is 1. The molecule has 0 aromatic carbocycles. The van der Waals surface area contributed by atoms with Gasteiger partial charge in [-0.05, 0) is 25.1 Å². The van der Waals surface area contributed by atoms with Crippen molar-refractivity contribution in [1.29, 1.82) is 0 Å². The van der Waals surface area contributed by atoms with Crippen LogP contribution in [0.1, 0.15) is 16.8 Å². The summed E-state index contributed by atoms with van der Waals surface area (Å²) in [5.74, 6) is 2.85. The number of thiazole rings is 1. The van der Waals surface area contributed by atoms with Crippen molar-refractivity contribution in [1.82, 2.24) is 4.98 Å². The molecular weight excluding hydrogens is 200 g/mol. The Balaban J connectivity index is 2.20. The van der Waals surface area contributed by atoms with Crippen LogP contribution in [0, 0.1) is 12.8 Å². The molecule has 0 radical (unpaired) electrons. The van der Waals surface area contributed by atoms with Crippen molar-refractivity contribution >= 4 is 23.1 Å². The average Bonchev–Trinajstić information content (AvgIpc) is 2.51. The molecule has 1 aromatic heterocycles. The van der Waals surface area contributed by atoms with Crippen LogP contribution >= 0.6 is 23.1 Å². The molecule has 1 aromatic rings. The zero-order valence-corrected chi connectivity index (χ0v) is 9.75. The summed E-state index contributed by atoms with van der Waals surface area (Å²) in [5, 5.41) is 1.16. The third-order valence-corrected chi connectivity index (χ3v) is 4.13. The molecule has 1 rings (SSSR count). The lowest BCUT2D eigenvalue weighted by Crippen LogP contribution is -2.12. The van der Waals surface area contributed by atoms with Gasteiger partial charge in [-0.25, -0.2) is 4.98 Å². The number of hydrogen-bond acceptors (Lipinski definition) is 4. The molecule has 2 N–H and O–H groups in total. The molecule has 1 heterocycles. The zero-order chi connectivity index (χ0) is 9.68. The highest BCUT2D eigenvalue weighted by atomic mass is 32.2. The lowest BCUT2D eigenvalue weighted by molar-refractivity contribution is 0.675. The number of aryl methyl sites for hydroxylation is 1. The van der Waals surface area contributed by atoms with Gasteiger partial charge in [0.25, 0.3) is 0 Å². The SMILES string of the molecule is Cc1ncc(CSCC(C)CN)s1. The molecule has 2 nitrogen and oxygen atoms in total. The standard InChI is InChI=1S/C9H16N2S2/c1-7(3-10)5-12-6-9-4-11-8(2)13-9/h4,7H,3,5-6,10H2,1-2H3. The first-order valence-electron chi connectivity index (χ1n) is 4.41. The number of rotatable bonds is 5. The van der Waals surface area contributed by atoms with Gasteiger partial charge in [0.05, 0.1) is 5.01 Å². The van der Waals surface area contributed by atoms with Gasteiger partial charge in [0.1, 0.15) is 0 Å². The van der Waals surface area contributed by atoms with Gasteiger partial charge >= 0.3 is 0 Å². The number of nitrogens with two attached hydrogens (primary N) is 1. The smallest absolute Gasteiger partial charge is 0.0897 e. The summed E-state index contributed by atoms with van der Waals surface area (Å²) in [4.78, 5) is 5.58. The summed E-state index contributed by atoms with van der Waals surface area (Å²) in [6, 6.07) is 0. The van der Waals surface area contributed by atoms with Crippen LogP contribution in [0.4, 0.5) is 0 Å². The van der Waals surface area contributed by atoms with Crippen molar-refractivity contribution in [3.05, 3.63) is 16.1 Å². The van der Waals surface area contributed by atoms with Crippen LogP contribution in [0.25, 0.3) is 0 Å². The van der Waals surface area contributed by atoms with Crippen molar-refractivity contribution in [2.75, 3.05) is 12.3 Å². The van der Waals surface area contributed by atoms with E-state index in [-0.39, 0.29) is 0 Å². The first-order valence-corrected chi connectivity index (χ1v) is 6.38. The van der Waals surface area contributed by atoms with Crippen molar-refractivity contribution < 1.29 is 0 Å². The quantitative estimate of drug-likeness (QED) is 0.820. The molecule has 0 aliphatic heterocycles. The van der Waals surface area contributed by atoms with Gasteiger partial charge in [-0.2, -0.15) is 11.8 Å². The zero-order valence-electron chi connectivity index (χ0n) is 8.12. The summed E-state index contributed by atoms with van der Waals surface area (Å²) in [6.07, 6.45) is 1.97. The van der Waals surface area contributed by atoms with E-state index in [1.165, 1.54) is 4.88 Å². The van der Waals surface area contributed by atoms with Crippen LogP contribution in [0.3, 0.4) is 0 Å². The lowest BCUT2D eigenvalue weighted by atomic mass is 10.2. The van der Waals surface area contributed by atoms with Crippen LogP contribution in [-0.2, 0) is 5.75 Å². The molecule has 1 atom stereocenters. The van der Waals surface area contributed by atoms with E-state index in [1.54, 1.807) is 11.3 Å². The first-order chi connectivity index (χ1) is 6.22. The monoisotopic (exact) mass is 216 g/mol. The van der Waals surface area contributed by atoms with Gasteiger partial charge in [0.15, 0.2) is 0 Å². The molecule has 0 saturated heterocycles. The van der Waals surface area contributed by atoms with E-state index in [0.29, 0.717) is 5.92 Å². The molecule has 0 saturated carbocycles. The Morgan fingerprint density at radius 3 is 3.00 bits per heavy atom. The molecule has 0 fully saturated rings. The molecule has 13 heavy (non-hydrogen) atoms. The van der Waals surface area contributed by atoms with E-state index in [9.17, 15) is 0 Å².